The molecule has 0 amide bonds. The molecule has 7 nitrogen and oxygen atoms in total. The maximum Gasteiger partial charge on any atom is 0.310 e. The molecule has 0 aliphatic carbocycles. The number of hydrogen-bond acceptors (Lipinski definition) is 5. The van der Waals surface area contributed by atoms with Crippen molar-refractivity contribution in [2.75, 3.05) is 20.2 Å². The van der Waals surface area contributed by atoms with Gasteiger partial charge in [-0.05, 0) is 19.8 Å². The van der Waals surface area contributed by atoms with Crippen molar-refractivity contribution in [1.29, 1.82) is 0 Å². The van der Waals surface area contributed by atoms with Crippen molar-refractivity contribution in [2.24, 2.45) is 11.8 Å². The monoisotopic (exact) mass is 301 g/mol. The number of nitrogens with one attached hydrogen (secondary N) is 1. The molecule has 1 saturated heterocycles. The van der Waals surface area contributed by atoms with Crippen LogP contribution in [0.2, 0.25) is 0 Å². The normalized spacial score (nSPS) is 24.0. The van der Waals surface area contributed by atoms with Gasteiger partial charge in [0.05, 0.1) is 24.4 Å². The van der Waals surface area contributed by atoms with Crippen LogP contribution < -0.4 is 0 Å². The van der Waals surface area contributed by atoms with E-state index in [2.05, 4.69) is 10.2 Å². The molecule has 1 aromatic rings. The number of carbonyl (C=O) groups is 1. The minimum atomic E-state index is -3.63. The van der Waals surface area contributed by atoms with Crippen LogP contribution in [0, 0.1) is 25.7 Å². The number of aromatic nitrogens is 2. The van der Waals surface area contributed by atoms with Crippen molar-refractivity contribution in [3.8, 4) is 0 Å². The fourth-order valence-electron chi connectivity index (χ4n) is 2.63. The number of ether oxygens (including phenoxy) is 1. The molecule has 1 fully saturated rings. The van der Waals surface area contributed by atoms with Gasteiger partial charge in [0.15, 0.2) is 0 Å². The van der Waals surface area contributed by atoms with E-state index in [1.54, 1.807) is 13.8 Å². The Kier molecular flexibility index (Phi) is 3.88. The summed E-state index contributed by atoms with van der Waals surface area (Å²) in [7, 11) is -2.32. The number of H-pyrrole nitrogens is 1. The number of aromatic amines is 1. The van der Waals surface area contributed by atoms with Crippen LogP contribution in [0.3, 0.4) is 0 Å². The Balaban J connectivity index is 2.31. The number of aryl methyl sites for hydroxylation is 2. The Morgan fingerprint density at radius 3 is 2.55 bits per heavy atom. The highest BCUT2D eigenvalue weighted by Crippen LogP contribution is 2.30. The number of nitrogens with zero attached hydrogens (tertiary/aromatic N) is 2. The van der Waals surface area contributed by atoms with Crippen LogP contribution in [-0.2, 0) is 19.6 Å². The maximum atomic E-state index is 12.7. The summed E-state index contributed by atoms with van der Waals surface area (Å²) in [5, 5.41) is 6.60. The Morgan fingerprint density at radius 2 is 2.05 bits per heavy atom. The van der Waals surface area contributed by atoms with Gasteiger partial charge in [-0.15, -0.1) is 0 Å². The van der Waals surface area contributed by atoms with E-state index in [9.17, 15) is 13.2 Å². The lowest BCUT2D eigenvalue weighted by molar-refractivity contribution is -0.145. The number of carbonyl (C=O) groups excluding carboxylic acids is 1. The van der Waals surface area contributed by atoms with Crippen molar-refractivity contribution in [3.05, 3.63) is 11.4 Å². The molecule has 0 bridgehead atoms. The summed E-state index contributed by atoms with van der Waals surface area (Å²) in [6, 6.07) is 0. The summed E-state index contributed by atoms with van der Waals surface area (Å²) in [4.78, 5) is 11.9. The van der Waals surface area contributed by atoms with E-state index >= 15 is 0 Å². The number of hydrogen-bond donors (Lipinski definition) is 1. The van der Waals surface area contributed by atoms with Crippen LogP contribution in [0.4, 0.5) is 0 Å². The van der Waals surface area contributed by atoms with Crippen molar-refractivity contribution >= 4 is 16.0 Å². The molecule has 8 heteroatoms. The fourth-order valence-corrected chi connectivity index (χ4v) is 4.52. The first-order valence-electron chi connectivity index (χ1n) is 6.38. The van der Waals surface area contributed by atoms with Gasteiger partial charge in [0.25, 0.3) is 0 Å². The molecule has 0 saturated carbocycles. The minimum absolute atomic E-state index is 0.0651. The third-order valence-corrected chi connectivity index (χ3v) is 5.84. The van der Waals surface area contributed by atoms with E-state index in [4.69, 9.17) is 4.74 Å². The summed E-state index contributed by atoms with van der Waals surface area (Å²) in [5.41, 5.74) is 0.952. The topological polar surface area (TPSA) is 92.4 Å². The zero-order chi connectivity index (χ0) is 15.1. The summed E-state index contributed by atoms with van der Waals surface area (Å²) in [6.07, 6.45) is 0. The van der Waals surface area contributed by atoms with E-state index in [1.165, 1.54) is 11.4 Å². The average molecular weight is 301 g/mol. The van der Waals surface area contributed by atoms with Gasteiger partial charge in [-0.3, -0.25) is 9.89 Å². The second-order valence-corrected chi connectivity index (χ2v) is 7.07. The second-order valence-electron chi connectivity index (χ2n) is 5.19. The SMILES string of the molecule is COC(=O)C1CN(S(=O)(=O)c2c(C)n[nH]c2C)CC1C. The molecule has 2 atom stereocenters. The zero-order valence-electron chi connectivity index (χ0n) is 12.0. The van der Waals surface area contributed by atoms with Crippen molar-refractivity contribution in [2.45, 2.75) is 25.7 Å². The molecule has 20 heavy (non-hydrogen) atoms. The van der Waals surface area contributed by atoms with Gasteiger partial charge in [0.1, 0.15) is 4.90 Å². The maximum absolute atomic E-state index is 12.7. The van der Waals surface area contributed by atoms with Gasteiger partial charge in [-0.1, -0.05) is 6.92 Å². The summed E-state index contributed by atoms with van der Waals surface area (Å²) in [6.45, 7) is 5.64. The van der Waals surface area contributed by atoms with Crippen LogP contribution >= 0.6 is 0 Å². The molecule has 1 aliphatic heterocycles. The standard InChI is InChI=1S/C12H19N3O4S/c1-7-5-15(6-10(7)12(16)19-4)20(17,18)11-8(2)13-14-9(11)3/h7,10H,5-6H2,1-4H3,(H,13,14). The smallest absolute Gasteiger partial charge is 0.310 e. The first-order valence-corrected chi connectivity index (χ1v) is 7.82. The van der Waals surface area contributed by atoms with Crippen molar-refractivity contribution in [1.82, 2.24) is 14.5 Å². The van der Waals surface area contributed by atoms with Gasteiger partial charge in [0, 0.05) is 13.1 Å². The van der Waals surface area contributed by atoms with Crippen LogP contribution in [0.5, 0.6) is 0 Å². The molecular weight excluding hydrogens is 282 g/mol. The van der Waals surface area contributed by atoms with Gasteiger partial charge in [-0.2, -0.15) is 9.40 Å². The highest BCUT2D eigenvalue weighted by molar-refractivity contribution is 7.89. The van der Waals surface area contributed by atoms with E-state index < -0.39 is 15.9 Å². The van der Waals surface area contributed by atoms with Gasteiger partial charge in [0.2, 0.25) is 10.0 Å². The number of rotatable bonds is 3. The molecule has 0 aromatic carbocycles. The first-order chi connectivity index (χ1) is 9.28. The van der Waals surface area contributed by atoms with Crippen molar-refractivity contribution < 1.29 is 17.9 Å². The predicted molar refractivity (Wildman–Crippen MR) is 71.5 cm³/mol. The number of sulfonamides is 1. The molecule has 1 N–H and O–H groups in total. The Labute approximate surface area is 118 Å². The van der Waals surface area contributed by atoms with Gasteiger partial charge in [-0.25, -0.2) is 8.42 Å². The summed E-state index contributed by atoms with van der Waals surface area (Å²) in [5.74, 6) is -0.845. The first kappa shape index (κ1) is 15.0. The molecule has 1 aliphatic rings. The van der Waals surface area contributed by atoms with E-state index in [-0.39, 0.29) is 23.3 Å². The summed E-state index contributed by atoms with van der Waals surface area (Å²) < 4.78 is 31.4. The molecule has 2 unspecified atom stereocenters. The quantitative estimate of drug-likeness (QED) is 0.819. The van der Waals surface area contributed by atoms with Crippen LogP contribution in [-0.4, -0.2) is 49.1 Å². The van der Waals surface area contributed by atoms with Crippen LogP contribution in [0.25, 0.3) is 0 Å². The van der Waals surface area contributed by atoms with E-state index in [0.29, 0.717) is 17.9 Å². The minimum Gasteiger partial charge on any atom is -0.469 e. The van der Waals surface area contributed by atoms with Gasteiger partial charge < -0.3 is 4.74 Å². The number of esters is 1. The molecule has 0 spiro atoms. The Hall–Kier alpha value is -1.41. The molecular formula is C12H19N3O4S. The lowest BCUT2D eigenvalue weighted by Gasteiger charge is -2.16. The number of methoxy groups -OCH3 is 1. The summed E-state index contributed by atoms with van der Waals surface area (Å²) >= 11 is 0. The van der Waals surface area contributed by atoms with Crippen LogP contribution in [0.1, 0.15) is 18.3 Å². The van der Waals surface area contributed by atoms with Crippen LogP contribution in [0.15, 0.2) is 4.90 Å². The second kappa shape index (κ2) is 5.17. The van der Waals surface area contributed by atoms with Gasteiger partial charge >= 0.3 is 5.97 Å². The lowest BCUT2D eigenvalue weighted by atomic mass is 9.99. The Morgan fingerprint density at radius 1 is 1.40 bits per heavy atom. The predicted octanol–water partition coefficient (Wildman–Crippen LogP) is 0.456. The third kappa shape index (κ3) is 2.33. The third-order valence-electron chi connectivity index (χ3n) is 3.74. The molecule has 1 aromatic heterocycles. The van der Waals surface area contributed by atoms with E-state index in [0.717, 1.165) is 0 Å². The lowest BCUT2D eigenvalue weighted by Crippen LogP contribution is -2.31. The highest BCUT2D eigenvalue weighted by Gasteiger charge is 2.42. The van der Waals surface area contributed by atoms with E-state index in [1.807, 2.05) is 6.92 Å². The molecule has 0 radical (unpaired) electrons. The molecule has 2 heterocycles. The zero-order valence-corrected chi connectivity index (χ0v) is 12.8. The average Bonchev–Trinajstić information content (AvgIpc) is 2.92. The fraction of sp³-hybridized carbons (Fsp3) is 0.667. The molecule has 2 rings (SSSR count). The highest BCUT2D eigenvalue weighted by atomic mass is 32.2. The van der Waals surface area contributed by atoms with Crippen molar-refractivity contribution in [3.63, 3.8) is 0 Å². The molecule has 112 valence electrons. The Bertz CT molecular complexity index is 603. The largest absolute Gasteiger partial charge is 0.469 e.